The predicted molar refractivity (Wildman–Crippen MR) is 87.8 cm³/mol. The molecule has 0 saturated heterocycles. The lowest BCUT2D eigenvalue weighted by Gasteiger charge is -2.12. The molecular weight excluding hydrogens is 260 g/mol. The Morgan fingerprint density at radius 2 is 2.11 bits per heavy atom. The molecule has 2 nitrogen and oxygen atoms in total. The normalized spacial score (nSPS) is 10.3. The van der Waals surface area contributed by atoms with Gasteiger partial charge in [-0.15, -0.1) is 0 Å². The van der Waals surface area contributed by atoms with E-state index in [-0.39, 0.29) is 0 Å². The first-order valence-electron chi connectivity index (χ1n) is 6.28. The van der Waals surface area contributed by atoms with Crippen LogP contribution in [0.25, 0.3) is 0 Å². The van der Waals surface area contributed by atoms with Crippen LogP contribution in [0.3, 0.4) is 0 Å². The van der Waals surface area contributed by atoms with Gasteiger partial charge in [0.2, 0.25) is 0 Å². The van der Waals surface area contributed by atoms with E-state index in [1.54, 1.807) is 0 Å². The topological polar surface area (TPSA) is 38.0 Å². The van der Waals surface area contributed by atoms with Crippen LogP contribution in [-0.2, 0) is 0 Å². The molecule has 100 valence electrons. The summed E-state index contributed by atoms with van der Waals surface area (Å²) in [6, 6.07) is 6.18. The molecule has 0 unspecified atom stereocenters. The molecule has 18 heavy (non-hydrogen) atoms. The van der Waals surface area contributed by atoms with Crippen LogP contribution in [0.4, 0.5) is 5.69 Å². The predicted octanol–water partition coefficient (Wildman–Crippen LogP) is 3.57. The molecule has 0 heterocycles. The zero-order chi connectivity index (χ0) is 13.4. The Labute approximate surface area is 120 Å². The Kier molecular flexibility index (Phi) is 7.13. The number of aryl methyl sites for hydroxylation is 1. The summed E-state index contributed by atoms with van der Waals surface area (Å²) in [5, 5.41) is 3.42. The third kappa shape index (κ3) is 5.27. The SMILES string of the molecule is CSCCCCCNc1ccc(C)cc1C(N)=S. The maximum absolute atomic E-state index is 5.74. The van der Waals surface area contributed by atoms with Crippen molar-refractivity contribution in [1.29, 1.82) is 0 Å². The monoisotopic (exact) mass is 282 g/mol. The molecule has 0 radical (unpaired) electrons. The van der Waals surface area contributed by atoms with E-state index in [0.717, 1.165) is 17.8 Å². The standard InChI is InChI=1S/C14H22N2S2/c1-11-6-7-13(12(10-11)14(15)17)16-8-4-3-5-9-18-2/h6-7,10,16H,3-5,8-9H2,1-2H3,(H2,15,17). The van der Waals surface area contributed by atoms with Gasteiger partial charge in [0.25, 0.3) is 0 Å². The summed E-state index contributed by atoms with van der Waals surface area (Å²) < 4.78 is 0. The highest BCUT2D eigenvalue weighted by Gasteiger charge is 2.04. The summed E-state index contributed by atoms with van der Waals surface area (Å²) in [5.74, 6) is 1.25. The van der Waals surface area contributed by atoms with E-state index in [1.165, 1.54) is 30.6 Å². The molecule has 0 fully saturated rings. The molecule has 0 aliphatic rings. The number of unbranched alkanes of at least 4 members (excludes halogenated alkanes) is 2. The first-order chi connectivity index (χ1) is 8.65. The van der Waals surface area contributed by atoms with Crippen LogP contribution in [0.1, 0.15) is 30.4 Å². The van der Waals surface area contributed by atoms with Gasteiger partial charge in [-0.05, 0) is 43.9 Å². The van der Waals surface area contributed by atoms with Crippen molar-refractivity contribution < 1.29 is 0 Å². The van der Waals surface area contributed by atoms with Crippen molar-refractivity contribution in [2.75, 3.05) is 23.9 Å². The van der Waals surface area contributed by atoms with Crippen molar-refractivity contribution in [3.05, 3.63) is 29.3 Å². The van der Waals surface area contributed by atoms with E-state index in [0.29, 0.717) is 4.99 Å². The molecule has 0 saturated carbocycles. The Hall–Kier alpha value is -0.740. The van der Waals surface area contributed by atoms with Crippen LogP contribution in [0, 0.1) is 6.92 Å². The van der Waals surface area contributed by atoms with Gasteiger partial charge in [-0.3, -0.25) is 0 Å². The Balaban J connectivity index is 2.44. The number of rotatable bonds is 8. The van der Waals surface area contributed by atoms with Crippen molar-refractivity contribution in [3.63, 3.8) is 0 Å². The second-order valence-corrected chi connectivity index (χ2v) is 5.82. The average Bonchev–Trinajstić information content (AvgIpc) is 2.35. The third-order valence-corrected chi connectivity index (χ3v) is 3.70. The molecule has 1 aromatic carbocycles. The Bertz CT molecular complexity index is 391. The molecule has 3 N–H and O–H groups in total. The van der Waals surface area contributed by atoms with Gasteiger partial charge < -0.3 is 11.1 Å². The van der Waals surface area contributed by atoms with Gasteiger partial charge in [-0.1, -0.05) is 30.3 Å². The quantitative estimate of drug-likeness (QED) is 0.564. The van der Waals surface area contributed by atoms with E-state index in [4.69, 9.17) is 18.0 Å². The van der Waals surface area contributed by atoms with E-state index in [2.05, 4.69) is 23.7 Å². The van der Waals surface area contributed by atoms with E-state index in [1.807, 2.05) is 24.8 Å². The number of benzene rings is 1. The lowest BCUT2D eigenvalue weighted by atomic mass is 10.1. The molecule has 4 heteroatoms. The van der Waals surface area contributed by atoms with Crippen LogP contribution in [0.5, 0.6) is 0 Å². The van der Waals surface area contributed by atoms with Crippen molar-refractivity contribution >= 4 is 34.7 Å². The maximum atomic E-state index is 5.74. The Morgan fingerprint density at radius 1 is 1.33 bits per heavy atom. The van der Waals surface area contributed by atoms with Gasteiger partial charge in [-0.2, -0.15) is 11.8 Å². The minimum atomic E-state index is 0.462. The summed E-state index contributed by atoms with van der Waals surface area (Å²) in [4.78, 5) is 0.462. The molecule has 0 spiro atoms. The fraction of sp³-hybridized carbons (Fsp3) is 0.500. The van der Waals surface area contributed by atoms with Crippen LogP contribution in [0.15, 0.2) is 18.2 Å². The first kappa shape index (κ1) is 15.3. The molecule has 0 atom stereocenters. The molecule has 1 rings (SSSR count). The number of nitrogens with two attached hydrogens (primary N) is 1. The lowest BCUT2D eigenvalue weighted by molar-refractivity contribution is 0.750. The number of anilines is 1. The minimum Gasteiger partial charge on any atom is -0.389 e. The first-order valence-corrected chi connectivity index (χ1v) is 8.08. The van der Waals surface area contributed by atoms with Crippen molar-refractivity contribution in [2.45, 2.75) is 26.2 Å². The third-order valence-electron chi connectivity index (χ3n) is 2.78. The average molecular weight is 282 g/mol. The van der Waals surface area contributed by atoms with E-state index >= 15 is 0 Å². The van der Waals surface area contributed by atoms with Crippen molar-refractivity contribution in [1.82, 2.24) is 0 Å². The number of thiocarbonyl (C=S) groups is 1. The van der Waals surface area contributed by atoms with Gasteiger partial charge in [0.1, 0.15) is 4.99 Å². The molecule has 0 amide bonds. The highest BCUT2D eigenvalue weighted by atomic mass is 32.2. The van der Waals surface area contributed by atoms with Crippen molar-refractivity contribution in [2.24, 2.45) is 5.73 Å². The van der Waals surface area contributed by atoms with Gasteiger partial charge >= 0.3 is 0 Å². The van der Waals surface area contributed by atoms with E-state index in [9.17, 15) is 0 Å². The van der Waals surface area contributed by atoms with Gasteiger partial charge in [0.15, 0.2) is 0 Å². The summed E-state index contributed by atoms with van der Waals surface area (Å²) in [6.45, 7) is 3.03. The fourth-order valence-electron chi connectivity index (χ4n) is 1.79. The van der Waals surface area contributed by atoms with Gasteiger partial charge in [0, 0.05) is 17.8 Å². The summed E-state index contributed by atoms with van der Waals surface area (Å²) in [6.07, 6.45) is 5.89. The number of hydrogen-bond acceptors (Lipinski definition) is 3. The molecule has 1 aromatic rings. The lowest BCUT2D eigenvalue weighted by Crippen LogP contribution is -2.14. The zero-order valence-corrected chi connectivity index (χ0v) is 12.8. The van der Waals surface area contributed by atoms with Crippen LogP contribution in [0.2, 0.25) is 0 Å². The minimum absolute atomic E-state index is 0.462. The number of hydrogen-bond donors (Lipinski definition) is 2. The Morgan fingerprint density at radius 3 is 2.78 bits per heavy atom. The van der Waals surface area contributed by atoms with Crippen LogP contribution >= 0.6 is 24.0 Å². The second-order valence-electron chi connectivity index (χ2n) is 4.39. The summed E-state index contributed by atoms with van der Waals surface area (Å²) in [7, 11) is 0. The molecule has 0 aliphatic heterocycles. The number of thioether (sulfide) groups is 1. The molecule has 0 bridgehead atoms. The fourth-order valence-corrected chi connectivity index (χ4v) is 2.45. The smallest absolute Gasteiger partial charge is 0.106 e. The van der Waals surface area contributed by atoms with E-state index < -0.39 is 0 Å². The van der Waals surface area contributed by atoms with Gasteiger partial charge in [-0.25, -0.2) is 0 Å². The highest BCUT2D eigenvalue weighted by molar-refractivity contribution is 7.98. The van der Waals surface area contributed by atoms with Crippen LogP contribution < -0.4 is 11.1 Å². The molecular formula is C14H22N2S2. The van der Waals surface area contributed by atoms with Crippen LogP contribution in [-0.4, -0.2) is 23.5 Å². The molecule has 0 aromatic heterocycles. The zero-order valence-electron chi connectivity index (χ0n) is 11.2. The number of nitrogens with one attached hydrogen (secondary N) is 1. The highest BCUT2D eigenvalue weighted by Crippen LogP contribution is 2.17. The second kappa shape index (κ2) is 8.38. The summed E-state index contributed by atoms with van der Waals surface area (Å²) >= 11 is 6.99. The van der Waals surface area contributed by atoms with Crippen molar-refractivity contribution in [3.8, 4) is 0 Å². The van der Waals surface area contributed by atoms with Gasteiger partial charge in [0.05, 0.1) is 0 Å². The largest absolute Gasteiger partial charge is 0.389 e. The maximum Gasteiger partial charge on any atom is 0.106 e. The molecule has 0 aliphatic carbocycles. The summed E-state index contributed by atoms with van der Waals surface area (Å²) in [5.41, 5.74) is 8.93.